The largest absolute Gasteiger partial charge is 0.0836 e. The van der Waals surface area contributed by atoms with Crippen LogP contribution in [0.1, 0.15) is 38.5 Å². The Morgan fingerprint density at radius 3 is 2.64 bits per heavy atom. The maximum Gasteiger partial charge on any atom is -0.0161 e. The van der Waals surface area contributed by atoms with Crippen LogP contribution in [-0.4, -0.2) is 0 Å². The molecule has 0 saturated heterocycles. The molecule has 0 N–H and O–H groups in total. The molecule has 1 fully saturated rings. The molecule has 0 heteroatoms. The van der Waals surface area contributed by atoms with Gasteiger partial charge in [0.15, 0.2) is 0 Å². The van der Waals surface area contributed by atoms with Crippen molar-refractivity contribution in [2.24, 2.45) is 11.8 Å². The summed E-state index contributed by atoms with van der Waals surface area (Å²) in [5, 5.41) is 0. The Hall–Kier alpha value is -0.780. The molecule has 0 amide bonds. The normalized spacial score (nSPS) is 35.4. The van der Waals surface area contributed by atoms with E-state index in [1.54, 1.807) is 11.1 Å². The van der Waals surface area contributed by atoms with Crippen molar-refractivity contribution in [3.8, 4) is 0 Å². The number of fused-ring (bicyclic) bond motifs is 2. The van der Waals surface area contributed by atoms with Crippen LogP contribution in [-0.2, 0) is 0 Å². The lowest BCUT2D eigenvalue weighted by Gasteiger charge is -2.33. The maximum atomic E-state index is 2.59. The first-order valence-corrected chi connectivity index (χ1v) is 6.03. The van der Waals surface area contributed by atoms with Gasteiger partial charge < -0.3 is 0 Å². The fourth-order valence-corrected chi connectivity index (χ4v) is 3.13. The zero-order valence-electron chi connectivity index (χ0n) is 8.71. The highest BCUT2D eigenvalue weighted by atomic mass is 14.3. The molecule has 0 heterocycles. The van der Waals surface area contributed by atoms with Crippen molar-refractivity contribution >= 4 is 0 Å². The second kappa shape index (κ2) is 3.42. The highest BCUT2D eigenvalue weighted by Gasteiger charge is 2.26. The summed E-state index contributed by atoms with van der Waals surface area (Å²) >= 11 is 0. The predicted octanol–water partition coefficient (Wildman–Crippen LogP) is 4.01. The Labute approximate surface area is 86.4 Å². The van der Waals surface area contributed by atoms with Gasteiger partial charge in [0.1, 0.15) is 0 Å². The van der Waals surface area contributed by atoms with Gasteiger partial charge in [-0.3, -0.25) is 0 Å². The molecule has 0 aromatic heterocycles. The summed E-state index contributed by atoms with van der Waals surface area (Å²) in [7, 11) is 0. The van der Waals surface area contributed by atoms with Crippen LogP contribution in [0.4, 0.5) is 0 Å². The van der Waals surface area contributed by atoms with Crippen molar-refractivity contribution in [2.45, 2.75) is 38.5 Å². The van der Waals surface area contributed by atoms with Gasteiger partial charge in [0.05, 0.1) is 0 Å². The van der Waals surface area contributed by atoms with E-state index in [-0.39, 0.29) is 0 Å². The first-order chi connectivity index (χ1) is 6.93. The molecule has 0 aliphatic heterocycles. The molecule has 0 spiro atoms. The van der Waals surface area contributed by atoms with Crippen LogP contribution in [0.3, 0.4) is 0 Å². The lowest BCUT2D eigenvalue weighted by molar-refractivity contribution is 0.331. The molecule has 2 unspecified atom stereocenters. The Kier molecular flexibility index (Phi) is 2.08. The summed E-state index contributed by atoms with van der Waals surface area (Å²) in [5.41, 5.74) is 3.18. The van der Waals surface area contributed by atoms with E-state index < -0.39 is 0 Å². The quantitative estimate of drug-likeness (QED) is 0.536. The van der Waals surface area contributed by atoms with E-state index in [0.717, 1.165) is 11.8 Å². The van der Waals surface area contributed by atoms with Crippen molar-refractivity contribution in [1.29, 1.82) is 0 Å². The third-order valence-corrected chi connectivity index (χ3v) is 3.93. The smallest absolute Gasteiger partial charge is 0.0161 e. The minimum atomic E-state index is 0.866. The van der Waals surface area contributed by atoms with E-state index in [0.29, 0.717) is 0 Å². The summed E-state index contributed by atoms with van der Waals surface area (Å²) in [6.07, 6.45) is 18.1. The molecular weight excluding hydrogens is 168 g/mol. The second-order valence-corrected chi connectivity index (χ2v) is 4.87. The van der Waals surface area contributed by atoms with Crippen molar-refractivity contribution in [3.63, 3.8) is 0 Å². The van der Waals surface area contributed by atoms with E-state index in [2.05, 4.69) is 24.3 Å². The fraction of sp³-hybridized carbons (Fsp3) is 0.571. The summed E-state index contributed by atoms with van der Waals surface area (Å²) < 4.78 is 0. The third kappa shape index (κ3) is 1.37. The highest BCUT2D eigenvalue weighted by molar-refractivity contribution is 5.45. The number of rotatable bonds is 0. The molecule has 1 saturated carbocycles. The molecular formula is C14H18. The lowest BCUT2D eigenvalue weighted by atomic mass is 9.72. The summed E-state index contributed by atoms with van der Waals surface area (Å²) in [4.78, 5) is 0. The first kappa shape index (κ1) is 8.52. The number of allylic oxidation sites excluding steroid dienone is 6. The predicted molar refractivity (Wildman–Crippen MR) is 60.0 cm³/mol. The van der Waals surface area contributed by atoms with Gasteiger partial charge in [0.2, 0.25) is 0 Å². The minimum Gasteiger partial charge on any atom is -0.0836 e. The van der Waals surface area contributed by atoms with E-state index >= 15 is 0 Å². The molecule has 3 aliphatic carbocycles. The van der Waals surface area contributed by atoms with Crippen LogP contribution in [0.5, 0.6) is 0 Å². The Morgan fingerprint density at radius 2 is 1.79 bits per heavy atom. The monoisotopic (exact) mass is 186 g/mol. The van der Waals surface area contributed by atoms with Crippen molar-refractivity contribution < 1.29 is 0 Å². The Balaban J connectivity index is 1.92. The molecule has 14 heavy (non-hydrogen) atoms. The minimum absolute atomic E-state index is 0.866. The third-order valence-electron chi connectivity index (χ3n) is 3.93. The van der Waals surface area contributed by atoms with E-state index in [4.69, 9.17) is 0 Å². The summed E-state index contributed by atoms with van der Waals surface area (Å²) in [6, 6.07) is 0. The van der Waals surface area contributed by atoms with Crippen molar-refractivity contribution in [3.05, 3.63) is 35.5 Å². The van der Waals surface area contributed by atoms with Gasteiger partial charge in [0.25, 0.3) is 0 Å². The number of hydrogen-bond donors (Lipinski definition) is 0. The average molecular weight is 186 g/mol. The molecule has 0 nitrogen and oxygen atoms in total. The second-order valence-electron chi connectivity index (χ2n) is 4.87. The zero-order valence-corrected chi connectivity index (χ0v) is 8.71. The van der Waals surface area contributed by atoms with Gasteiger partial charge in [-0.05, 0) is 48.7 Å². The number of hydrogen-bond acceptors (Lipinski definition) is 0. The lowest BCUT2D eigenvalue weighted by Crippen LogP contribution is -2.20. The average Bonchev–Trinajstić information content (AvgIpc) is 2.26. The molecule has 2 atom stereocenters. The van der Waals surface area contributed by atoms with E-state index in [9.17, 15) is 0 Å². The van der Waals surface area contributed by atoms with Crippen LogP contribution in [0.15, 0.2) is 35.5 Å². The Bertz CT molecular complexity index is 317. The van der Waals surface area contributed by atoms with E-state index in [1.807, 2.05) is 0 Å². The zero-order chi connectivity index (χ0) is 9.38. The van der Waals surface area contributed by atoms with Crippen LogP contribution in [0.2, 0.25) is 0 Å². The van der Waals surface area contributed by atoms with Crippen LogP contribution < -0.4 is 0 Å². The summed E-state index contributed by atoms with van der Waals surface area (Å²) in [6.45, 7) is 0. The van der Waals surface area contributed by atoms with Crippen LogP contribution in [0.25, 0.3) is 0 Å². The fourth-order valence-electron chi connectivity index (χ4n) is 3.13. The van der Waals surface area contributed by atoms with Crippen molar-refractivity contribution in [1.82, 2.24) is 0 Å². The van der Waals surface area contributed by atoms with Crippen LogP contribution in [0, 0.1) is 11.8 Å². The molecule has 0 aromatic carbocycles. The Morgan fingerprint density at radius 1 is 1.00 bits per heavy atom. The molecule has 0 radical (unpaired) electrons. The molecule has 74 valence electrons. The van der Waals surface area contributed by atoms with Crippen molar-refractivity contribution in [2.75, 3.05) is 0 Å². The molecule has 0 bridgehead atoms. The maximum absolute atomic E-state index is 2.59. The van der Waals surface area contributed by atoms with Gasteiger partial charge in [-0.1, -0.05) is 37.1 Å². The van der Waals surface area contributed by atoms with Gasteiger partial charge >= 0.3 is 0 Å². The van der Waals surface area contributed by atoms with Gasteiger partial charge in [-0.2, -0.15) is 0 Å². The van der Waals surface area contributed by atoms with Crippen LogP contribution >= 0.6 is 0 Å². The molecule has 0 aromatic rings. The SMILES string of the molecule is C1=CC2=CC3CCCCC3C=C2CC1. The van der Waals surface area contributed by atoms with Gasteiger partial charge in [-0.15, -0.1) is 0 Å². The van der Waals surface area contributed by atoms with Gasteiger partial charge in [-0.25, -0.2) is 0 Å². The summed E-state index contributed by atoms with van der Waals surface area (Å²) in [5.74, 6) is 1.75. The van der Waals surface area contributed by atoms with Gasteiger partial charge in [0, 0.05) is 0 Å². The molecule has 3 aliphatic rings. The highest BCUT2D eigenvalue weighted by Crippen LogP contribution is 2.40. The topological polar surface area (TPSA) is 0 Å². The van der Waals surface area contributed by atoms with E-state index in [1.165, 1.54) is 38.5 Å². The standard InChI is InChI=1S/C14H18/c1-2-6-12-10-14-8-4-3-7-13(14)9-11(12)5-1/h1,5,9-10,13-14H,2-4,6-8H2. The first-order valence-electron chi connectivity index (χ1n) is 6.03. The molecule has 3 rings (SSSR count).